The third-order valence-electron chi connectivity index (χ3n) is 3.24. The molecule has 4 heteroatoms. The highest BCUT2D eigenvalue weighted by atomic mass is 32.1. The van der Waals surface area contributed by atoms with Crippen molar-refractivity contribution in [3.05, 3.63) is 54.0 Å². The van der Waals surface area contributed by atoms with Crippen LogP contribution in [0.4, 0.5) is 0 Å². The second kappa shape index (κ2) is 5.97. The average Bonchev–Trinajstić information content (AvgIpc) is 3.09. The van der Waals surface area contributed by atoms with Crippen molar-refractivity contribution in [3.8, 4) is 33.2 Å². The van der Waals surface area contributed by atoms with Crippen LogP contribution in [0.15, 0.2) is 48.7 Å². The molecule has 0 bridgehead atoms. The van der Waals surface area contributed by atoms with Gasteiger partial charge in [-0.15, -0.1) is 11.3 Å². The average molecular weight is 296 g/mol. The Morgan fingerprint density at radius 2 is 1.71 bits per heavy atom. The maximum atomic E-state index is 5.45. The van der Waals surface area contributed by atoms with Crippen LogP contribution in [-0.4, -0.2) is 19.2 Å². The molecule has 0 amide bonds. The Morgan fingerprint density at radius 3 is 2.33 bits per heavy atom. The van der Waals surface area contributed by atoms with Gasteiger partial charge in [0, 0.05) is 23.4 Å². The number of hydrogen-bond acceptors (Lipinski definition) is 4. The molecule has 0 unspecified atom stereocenters. The van der Waals surface area contributed by atoms with E-state index in [0.29, 0.717) is 0 Å². The number of thiazole rings is 1. The van der Waals surface area contributed by atoms with Gasteiger partial charge in [-0.05, 0) is 17.7 Å². The van der Waals surface area contributed by atoms with Gasteiger partial charge in [0.15, 0.2) is 0 Å². The zero-order valence-corrected chi connectivity index (χ0v) is 12.6. The molecular weight excluding hydrogens is 282 g/mol. The smallest absolute Gasteiger partial charge is 0.130 e. The Morgan fingerprint density at radius 1 is 0.952 bits per heavy atom. The summed E-state index contributed by atoms with van der Waals surface area (Å²) in [6.07, 6.45) is 1.69. The first-order chi connectivity index (χ1) is 10.3. The molecule has 0 N–H and O–H groups in total. The molecule has 0 saturated heterocycles. The van der Waals surface area contributed by atoms with Gasteiger partial charge in [0.2, 0.25) is 0 Å². The molecule has 1 heterocycles. The van der Waals surface area contributed by atoms with E-state index in [9.17, 15) is 0 Å². The van der Waals surface area contributed by atoms with Crippen LogP contribution >= 0.6 is 11.3 Å². The molecule has 0 spiro atoms. The van der Waals surface area contributed by atoms with Crippen molar-refractivity contribution in [3.63, 3.8) is 0 Å². The number of aromatic nitrogens is 1. The third-order valence-corrected chi connectivity index (χ3v) is 4.00. The van der Waals surface area contributed by atoms with E-state index < -0.39 is 0 Å². The monoisotopic (exact) mass is 296 g/mol. The summed E-state index contributed by atoms with van der Waals surface area (Å²) in [5.41, 5.74) is 3.23. The maximum Gasteiger partial charge on any atom is 0.130 e. The Labute approximate surface area is 127 Å². The fourth-order valence-electron chi connectivity index (χ4n) is 2.16. The van der Waals surface area contributed by atoms with Gasteiger partial charge in [0.05, 0.1) is 19.6 Å². The zero-order chi connectivity index (χ0) is 14.7. The van der Waals surface area contributed by atoms with E-state index in [2.05, 4.69) is 34.6 Å². The number of ether oxygens (including phenoxy) is 2. The molecule has 0 fully saturated rings. The van der Waals surface area contributed by atoms with Crippen LogP contribution < -0.4 is 9.47 Å². The first kappa shape index (κ1) is 13.6. The van der Waals surface area contributed by atoms with Gasteiger partial charge in [0.25, 0.3) is 0 Å². The molecule has 105 valence electrons. The molecule has 0 aliphatic carbocycles. The fraction of sp³-hybridized carbons (Fsp3) is 0.118. The highest BCUT2D eigenvalue weighted by Crippen LogP contribution is 2.34. The predicted molar refractivity (Wildman–Crippen MR) is 84.9 cm³/mol. The lowest BCUT2D eigenvalue weighted by Crippen LogP contribution is -1.90. The van der Waals surface area contributed by atoms with Crippen molar-refractivity contribution in [1.82, 2.24) is 4.98 Å². The quantitative estimate of drug-likeness (QED) is 0.719. The Balaban J connectivity index is 1.97. The summed E-state index contributed by atoms with van der Waals surface area (Å²) in [4.78, 5) is 4.27. The van der Waals surface area contributed by atoms with Crippen molar-refractivity contribution < 1.29 is 9.47 Å². The molecule has 2 aromatic carbocycles. The molecule has 3 nitrogen and oxygen atoms in total. The summed E-state index contributed by atoms with van der Waals surface area (Å²) in [6.45, 7) is 0. The molecule has 0 saturated carbocycles. The standard InChI is InChI=1S/C17H14NO2S/c1-19-14-7-8-15(16(11-14)20-2)12-3-5-13(6-4-12)17-18-9-10-21-17/h3-9,11H,1-2H3. The van der Waals surface area contributed by atoms with Gasteiger partial charge in [0.1, 0.15) is 16.5 Å². The molecule has 1 radical (unpaired) electrons. The van der Waals surface area contributed by atoms with Crippen molar-refractivity contribution in [2.45, 2.75) is 0 Å². The van der Waals surface area contributed by atoms with Gasteiger partial charge in [-0.1, -0.05) is 24.3 Å². The minimum Gasteiger partial charge on any atom is -0.497 e. The van der Waals surface area contributed by atoms with E-state index >= 15 is 0 Å². The summed E-state index contributed by atoms with van der Waals surface area (Å²) in [5.74, 6) is 1.58. The van der Waals surface area contributed by atoms with Crippen LogP contribution in [0.3, 0.4) is 0 Å². The Bertz CT molecular complexity index is 721. The topological polar surface area (TPSA) is 31.4 Å². The van der Waals surface area contributed by atoms with Crippen molar-refractivity contribution in [1.29, 1.82) is 0 Å². The van der Waals surface area contributed by atoms with E-state index in [1.165, 1.54) is 11.3 Å². The maximum absolute atomic E-state index is 5.45. The molecule has 0 aliphatic heterocycles. The van der Waals surface area contributed by atoms with Crippen molar-refractivity contribution in [2.24, 2.45) is 0 Å². The van der Waals surface area contributed by atoms with E-state index in [0.717, 1.165) is 33.2 Å². The van der Waals surface area contributed by atoms with Gasteiger partial charge in [-0.25, -0.2) is 4.98 Å². The Hall–Kier alpha value is -2.33. The number of benzene rings is 2. The molecule has 21 heavy (non-hydrogen) atoms. The predicted octanol–water partition coefficient (Wildman–Crippen LogP) is 4.29. The summed E-state index contributed by atoms with van der Waals surface area (Å²) in [5, 5.41) is 3.98. The molecule has 3 aromatic rings. The van der Waals surface area contributed by atoms with E-state index in [4.69, 9.17) is 9.47 Å². The number of rotatable bonds is 4. The highest BCUT2D eigenvalue weighted by Gasteiger charge is 2.08. The summed E-state index contributed by atoms with van der Waals surface area (Å²) < 4.78 is 10.7. The molecule has 0 aliphatic rings. The second-order valence-electron chi connectivity index (χ2n) is 4.43. The van der Waals surface area contributed by atoms with Gasteiger partial charge < -0.3 is 9.47 Å². The lowest BCUT2D eigenvalue weighted by atomic mass is 10.0. The highest BCUT2D eigenvalue weighted by molar-refractivity contribution is 7.12. The fourth-order valence-corrected chi connectivity index (χ4v) is 2.73. The molecule has 0 atom stereocenters. The van der Waals surface area contributed by atoms with Crippen molar-refractivity contribution >= 4 is 11.3 Å². The molecule has 1 aromatic heterocycles. The SMILES string of the molecule is COc1ccc(-c2ccc(-c3nc[c]s3)cc2)c(OC)c1. The van der Waals surface area contributed by atoms with Gasteiger partial charge in [-0.3, -0.25) is 0 Å². The van der Waals surface area contributed by atoms with E-state index in [1.54, 1.807) is 20.4 Å². The number of methoxy groups -OCH3 is 2. The minimum absolute atomic E-state index is 0.783. The van der Waals surface area contributed by atoms with Gasteiger partial charge in [-0.2, -0.15) is 0 Å². The van der Waals surface area contributed by atoms with Crippen LogP contribution in [-0.2, 0) is 0 Å². The summed E-state index contributed by atoms with van der Waals surface area (Å²) in [6, 6.07) is 14.1. The van der Waals surface area contributed by atoms with Crippen LogP contribution in [0.2, 0.25) is 0 Å². The van der Waals surface area contributed by atoms with Crippen LogP contribution in [0, 0.1) is 5.38 Å². The first-order valence-corrected chi connectivity index (χ1v) is 7.28. The normalized spacial score (nSPS) is 10.4. The van der Waals surface area contributed by atoms with E-state index in [1.807, 2.05) is 18.2 Å². The lowest BCUT2D eigenvalue weighted by Gasteiger charge is -2.11. The number of nitrogens with zero attached hydrogens (tertiary/aromatic N) is 1. The Kier molecular flexibility index (Phi) is 3.88. The third kappa shape index (κ3) is 2.76. The first-order valence-electron chi connectivity index (χ1n) is 6.46. The minimum atomic E-state index is 0.783. The lowest BCUT2D eigenvalue weighted by molar-refractivity contribution is 0.395. The van der Waals surface area contributed by atoms with Crippen LogP contribution in [0.5, 0.6) is 11.5 Å². The summed E-state index contributed by atoms with van der Waals surface area (Å²) >= 11 is 1.51. The van der Waals surface area contributed by atoms with E-state index in [-0.39, 0.29) is 0 Å². The largest absolute Gasteiger partial charge is 0.497 e. The van der Waals surface area contributed by atoms with Crippen molar-refractivity contribution in [2.75, 3.05) is 14.2 Å². The van der Waals surface area contributed by atoms with Crippen LogP contribution in [0.25, 0.3) is 21.7 Å². The number of hydrogen-bond donors (Lipinski definition) is 0. The van der Waals surface area contributed by atoms with Crippen LogP contribution in [0.1, 0.15) is 0 Å². The zero-order valence-electron chi connectivity index (χ0n) is 11.8. The van der Waals surface area contributed by atoms with Gasteiger partial charge >= 0.3 is 0 Å². The molecule has 3 rings (SSSR count). The molecular formula is C17H14NO2S. The second-order valence-corrected chi connectivity index (χ2v) is 5.25. The summed E-state index contributed by atoms with van der Waals surface area (Å²) in [7, 11) is 3.31.